The van der Waals surface area contributed by atoms with Crippen molar-refractivity contribution in [2.24, 2.45) is 11.8 Å². The van der Waals surface area contributed by atoms with E-state index in [0.717, 1.165) is 23.7 Å². The van der Waals surface area contributed by atoms with E-state index in [0.29, 0.717) is 36.0 Å². The molecule has 1 aliphatic heterocycles. The molecule has 3 amide bonds. The fraction of sp³-hybridized carbons (Fsp3) is 0.455. The van der Waals surface area contributed by atoms with Gasteiger partial charge in [0.1, 0.15) is 17.8 Å². The lowest BCUT2D eigenvalue weighted by atomic mass is 9.98. The Morgan fingerprint density at radius 3 is 2.68 bits per heavy atom. The van der Waals surface area contributed by atoms with Crippen LogP contribution >= 0.6 is 11.6 Å². The predicted molar refractivity (Wildman–Crippen MR) is 115 cm³/mol. The van der Waals surface area contributed by atoms with Crippen molar-refractivity contribution in [3.63, 3.8) is 0 Å². The van der Waals surface area contributed by atoms with Crippen molar-refractivity contribution in [2.75, 3.05) is 6.54 Å². The van der Waals surface area contributed by atoms with Crippen LogP contribution in [0.5, 0.6) is 0 Å². The zero-order valence-electron chi connectivity index (χ0n) is 16.9. The second-order valence-corrected chi connectivity index (χ2v) is 8.76. The van der Waals surface area contributed by atoms with Gasteiger partial charge in [-0.3, -0.25) is 14.4 Å². The number of halogens is 1. The molecule has 9 heteroatoms. The second-order valence-electron chi connectivity index (χ2n) is 8.32. The molecule has 4 rings (SSSR count). The number of H-pyrrole nitrogens is 1. The Kier molecular flexibility index (Phi) is 6.14. The van der Waals surface area contributed by atoms with Crippen molar-refractivity contribution in [2.45, 2.75) is 44.2 Å². The van der Waals surface area contributed by atoms with Crippen molar-refractivity contribution in [3.8, 4) is 6.07 Å². The molecule has 0 spiro atoms. The summed E-state index contributed by atoms with van der Waals surface area (Å²) in [6.45, 7) is 0.589. The molecule has 2 heterocycles. The molecule has 1 saturated carbocycles. The van der Waals surface area contributed by atoms with Crippen molar-refractivity contribution in [1.82, 2.24) is 20.9 Å². The van der Waals surface area contributed by atoms with Crippen molar-refractivity contribution in [1.29, 1.82) is 5.26 Å². The van der Waals surface area contributed by atoms with Crippen LogP contribution in [0.1, 0.15) is 42.6 Å². The molecule has 31 heavy (non-hydrogen) atoms. The molecule has 2 aromatic rings. The van der Waals surface area contributed by atoms with Crippen LogP contribution in [0.15, 0.2) is 24.3 Å². The van der Waals surface area contributed by atoms with Crippen LogP contribution in [-0.4, -0.2) is 41.3 Å². The number of benzene rings is 1. The number of rotatable bonds is 8. The molecule has 2 fully saturated rings. The molecular formula is C22H24ClN5O3. The van der Waals surface area contributed by atoms with Crippen LogP contribution in [0.25, 0.3) is 10.9 Å². The summed E-state index contributed by atoms with van der Waals surface area (Å²) >= 11 is 6.01. The number of aromatic amines is 1. The Hall–Kier alpha value is -3.05. The van der Waals surface area contributed by atoms with Crippen molar-refractivity contribution >= 4 is 40.2 Å². The normalized spacial score (nSPS) is 20.0. The van der Waals surface area contributed by atoms with Gasteiger partial charge in [0.2, 0.25) is 11.8 Å². The summed E-state index contributed by atoms with van der Waals surface area (Å²) in [5, 5.41) is 19.1. The third kappa shape index (κ3) is 5.17. The Balaban J connectivity index is 1.43. The quantitative estimate of drug-likeness (QED) is 0.501. The number of nitrogens with one attached hydrogen (secondary N) is 4. The lowest BCUT2D eigenvalue weighted by Crippen LogP contribution is -2.50. The number of nitriles is 1. The van der Waals surface area contributed by atoms with Gasteiger partial charge in [0.25, 0.3) is 5.91 Å². The van der Waals surface area contributed by atoms with Crippen LogP contribution < -0.4 is 16.0 Å². The van der Waals surface area contributed by atoms with Gasteiger partial charge in [0.05, 0.1) is 6.07 Å². The molecule has 4 N–H and O–H groups in total. The summed E-state index contributed by atoms with van der Waals surface area (Å²) in [4.78, 5) is 40.6. The smallest absolute Gasteiger partial charge is 0.268 e. The van der Waals surface area contributed by atoms with Crippen molar-refractivity contribution < 1.29 is 14.4 Å². The predicted octanol–water partition coefficient (Wildman–Crippen LogP) is 2.25. The van der Waals surface area contributed by atoms with E-state index in [2.05, 4.69) is 27.0 Å². The Morgan fingerprint density at radius 2 is 2.00 bits per heavy atom. The largest absolute Gasteiger partial charge is 0.356 e. The molecule has 0 bridgehead atoms. The Morgan fingerprint density at radius 1 is 1.19 bits per heavy atom. The Labute approximate surface area is 184 Å². The second kappa shape index (κ2) is 8.98. The first-order chi connectivity index (χ1) is 14.9. The lowest BCUT2D eigenvalue weighted by molar-refractivity contribution is -0.125. The summed E-state index contributed by atoms with van der Waals surface area (Å²) in [5.74, 6) is -0.768. The van der Waals surface area contributed by atoms with Gasteiger partial charge in [0, 0.05) is 28.4 Å². The van der Waals surface area contributed by atoms with E-state index in [1.54, 1.807) is 24.3 Å². The average Bonchev–Trinajstić information content (AvgIpc) is 3.32. The van der Waals surface area contributed by atoms with E-state index < -0.39 is 23.9 Å². The van der Waals surface area contributed by atoms with Crippen LogP contribution in [0, 0.1) is 23.2 Å². The number of carbonyl (C=O) groups is 3. The number of nitrogens with zero attached hydrogens (tertiary/aromatic N) is 1. The zero-order valence-corrected chi connectivity index (χ0v) is 17.7. The highest BCUT2D eigenvalue weighted by Gasteiger charge is 2.33. The molecule has 2 aliphatic rings. The third-order valence-corrected chi connectivity index (χ3v) is 6.11. The number of hydrogen-bond acceptors (Lipinski definition) is 4. The number of amides is 3. The summed E-state index contributed by atoms with van der Waals surface area (Å²) in [7, 11) is 0. The van der Waals surface area contributed by atoms with E-state index in [9.17, 15) is 19.6 Å². The standard InChI is InChI=1S/C22H24ClN5O3/c23-15-3-4-17-14(8-15)10-19(27-17)22(31)28-18(7-12-1-2-12)21(30)26-16(11-24)9-13-5-6-25-20(13)29/h3-4,8,10,12-13,16,18,27H,1-2,5-7,9H2,(H,25,29)(H,26,30)(H,28,31)/t13?,16-,18-/m0/s1. The van der Waals surface area contributed by atoms with Gasteiger partial charge in [-0.25, -0.2) is 0 Å². The van der Waals surface area contributed by atoms with E-state index in [1.807, 2.05) is 0 Å². The minimum absolute atomic E-state index is 0.0868. The highest BCUT2D eigenvalue weighted by Crippen LogP contribution is 2.33. The first-order valence-electron chi connectivity index (χ1n) is 10.5. The first-order valence-corrected chi connectivity index (χ1v) is 10.9. The first kappa shape index (κ1) is 21.2. The summed E-state index contributed by atoms with van der Waals surface area (Å²) < 4.78 is 0. The molecule has 0 radical (unpaired) electrons. The molecule has 1 unspecified atom stereocenters. The fourth-order valence-corrected chi connectivity index (χ4v) is 4.13. The van der Waals surface area contributed by atoms with Gasteiger partial charge in [-0.2, -0.15) is 5.26 Å². The average molecular weight is 442 g/mol. The van der Waals surface area contributed by atoms with E-state index in [1.165, 1.54) is 0 Å². The fourth-order valence-electron chi connectivity index (χ4n) is 3.95. The zero-order chi connectivity index (χ0) is 22.0. The van der Waals surface area contributed by atoms with Crippen LogP contribution in [0.4, 0.5) is 0 Å². The summed E-state index contributed by atoms with van der Waals surface area (Å²) in [6.07, 6.45) is 3.48. The maximum Gasteiger partial charge on any atom is 0.268 e. The van der Waals surface area contributed by atoms with Gasteiger partial charge in [-0.1, -0.05) is 24.4 Å². The molecule has 1 aromatic carbocycles. The number of hydrogen-bond donors (Lipinski definition) is 4. The number of carbonyl (C=O) groups excluding carboxylic acids is 3. The van der Waals surface area contributed by atoms with E-state index in [-0.39, 0.29) is 18.2 Å². The number of aromatic nitrogens is 1. The molecule has 162 valence electrons. The molecule has 3 atom stereocenters. The lowest BCUT2D eigenvalue weighted by Gasteiger charge is -2.21. The Bertz CT molecular complexity index is 1060. The highest BCUT2D eigenvalue weighted by molar-refractivity contribution is 6.31. The van der Waals surface area contributed by atoms with Gasteiger partial charge in [-0.15, -0.1) is 0 Å². The molecule has 8 nitrogen and oxygen atoms in total. The van der Waals surface area contributed by atoms with Gasteiger partial charge >= 0.3 is 0 Å². The van der Waals surface area contributed by atoms with E-state index in [4.69, 9.17) is 11.6 Å². The van der Waals surface area contributed by atoms with Gasteiger partial charge in [-0.05, 0) is 49.4 Å². The SMILES string of the molecule is N#C[C@H](CC1CCNC1=O)NC(=O)[C@H](CC1CC1)NC(=O)c1cc2cc(Cl)ccc2[nH]1. The number of fused-ring (bicyclic) bond motifs is 1. The third-order valence-electron chi connectivity index (χ3n) is 5.87. The highest BCUT2D eigenvalue weighted by atomic mass is 35.5. The van der Waals surface area contributed by atoms with Gasteiger partial charge < -0.3 is 20.9 Å². The van der Waals surface area contributed by atoms with Crippen LogP contribution in [-0.2, 0) is 9.59 Å². The maximum absolute atomic E-state index is 12.9. The van der Waals surface area contributed by atoms with Crippen LogP contribution in [0.3, 0.4) is 0 Å². The van der Waals surface area contributed by atoms with Crippen molar-refractivity contribution in [3.05, 3.63) is 35.0 Å². The van der Waals surface area contributed by atoms with Crippen LogP contribution in [0.2, 0.25) is 5.02 Å². The molecule has 1 aromatic heterocycles. The molecule has 1 saturated heterocycles. The minimum Gasteiger partial charge on any atom is -0.356 e. The molecular weight excluding hydrogens is 418 g/mol. The molecule has 1 aliphatic carbocycles. The minimum atomic E-state index is -0.782. The summed E-state index contributed by atoms with van der Waals surface area (Å²) in [5.41, 5.74) is 1.11. The summed E-state index contributed by atoms with van der Waals surface area (Å²) in [6, 6.07) is 7.52. The van der Waals surface area contributed by atoms with Gasteiger partial charge in [0.15, 0.2) is 0 Å². The topological polar surface area (TPSA) is 127 Å². The maximum atomic E-state index is 12.9. The monoisotopic (exact) mass is 441 g/mol. The van der Waals surface area contributed by atoms with E-state index >= 15 is 0 Å².